The van der Waals surface area contributed by atoms with E-state index in [1.165, 1.54) is 6.66 Å². The molecule has 0 fully saturated rings. The zero-order valence-corrected chi connectivity index (χ0v) is 6.09. The Balaban J connectivity index is 0. The van der Waals surface area contributed by atoms with E-state index >= 15 is 0 Å². The van der Waals surface area contributed by atoms with Crippen LogP contribution in [-0.4, -0.2) is 62.1 Å². The number of rotatable bonds is 4. The molecule has 0 aliphatic heterocycles. The van der Waals surface area contributed by atoms with Gasteiger partial charge in [0.05, 0.1) is 13.0 Å². The molecule has 0 aromatic rings. The predicted molar refractivity (Wildman–Crippen MR) is 41.7 cm³/mol. The van der Waals surface area contributed by atoms with E-state index in [4.69, 9.17) is 5.11 Å². The van der Waals surface area contributed by atoms with Gasteiger partial charge >= 0.3 is 43.7 Å². The maximum atomic E-state index is 10.2. The monoisotopic (exact) mass is 194 g/mol. The van der Waals surface area contributed by atoms with E-state index in [0.717, 1.165) is 0 Å². The first-order chi connectivity index (χ1) is 4.13. The van der Waals surface area contributed by atoms with Crippen molar-refractivity contribution in [2.24, 2.45) is 0 Å². The fourth-order valence-electron chi connectivity index (χ4n) is 0.282. The fourth-order valence-corrected chi connectivity index (χ4v) is 0.672. The van der Waals surface area contributed by atoms with Gasteiger partial charge < -0.3 is 9.63 Å². The van der Waals surface area contributed by atoms with Crippen molar-refractivity contribution in [2.75, 3.05) is 13.3 Å². The van der Waals surface area contributed by atoms with Gasteiger partial charge in [-0.25, -0.2) is 0 Å². The van der Waals surface area contributed by atoms with E-state index in [2.05, 4.69) is 4.52 Å². The Hall–Kier alpha value is 0.920. The molecule has 0 spiro atoms. The SMILES string of the molecule is C[PH](=O)OCCC(=O)O.[CaH2]. The standard InChI is InChI=1S/C4H9O4P.Ca.2H/c1-9(7)8-3-2-4(5)6;;;/h9H,2-3H2,1H3,(H,5,6);;;. The molecule has 0 saturated heterocycles. The molecule has 1 N–H and O–H groups in total. The molecule has 10 heavy (non-hydrogen) atoms. The maximum absolute atomic E-state index is 10.2. The average molecular weight is 194 g/mol. The molecule has 0 radical (unpaired) electrons. The fraction of sp³-hybridized carbons (Fsp3) is 0.750. The summed E-state index contributed by atoms with van der Waals surface area (Å²) in [5, 5.41) is 8.06. The van der Waals surface area contributed by atoms with Gasteiger partial charge in [-0.15, -0.1) is 0 Å². The molecule has 0 bridgehead atoms. The van der Waals surface area contributed by atoms with E-state index in [1.54, 1.807) is 0 Å². The van der Waals surface area contributed by atoms with Crippen LogP contribution in [0.25, 0.3) is 0 Å². The Morgan fingerprint density at radius 2 is 2.20 bits per heavy atom. The van der Waals surface area contributed by atoms with Crippen LogP contribution in [0.5, 0.6) is 0 Å². The van der Waals surface area contributed by atoms with Crippen molar-refractivity contribution < 1.29 is 19.0 Å². The molecule has 0 heterocycles. The minimum atomic E-state index is -1.94. The van der Waals surface area contributed by atoms with Crippen LogP contribution in [0.1, 0.15) is 6.42 Å². The average Bonchev–Trinajstić information content (AvgIpc) is 1.63. The second-order valence-electron chi connectivity index (χ2n) is 1.48. The van der Waals surface area contributed by atoms with Gasteiger partial charge in [-0.05, 0) is 0 Å². The number of hydrogen-bond donors (Lipinski definition) is 1. The first kappa shape index (κ1) is 13.5. The molecule has 0 aromatic carbocycles. The number of carboxylic acids is 1. The number of aliphatic carboxylic acids is 1. The van der Waals surface area contributed by atoms with Gasteiger partial charge in [0.2, 0.25) is 0 Å². The topological polar surface area (TPSA) is 63.6 Å². The van der Waals surface area contributed by atoms with Crippen LogP contribution in [0.3, 0.4) is 0 Å². The quantitative estimate of drug-likeness (QED) is 0.491. The third-order valence-corrected chi connectivity index (χ3v) is 1.23. The van der Waals surface area contributed by atoms with Gasteiger partial charge in [-0.2, -0.15) is 0 Å². The molecule has 1 atom stereocenters. The van der Waals surface area contributed by atoms with Gasteiger partial charge in [0.1, 0.15) is 0 Å². The number of carboxylic acid groups (broad SMARTS) is 1. The molecule has 0 rings (SSSR count). The van der Waals surface area contributed by atoms with Crippen LogP contribution in [0.4, 0.5) is 0 Å². The summed E-state index contributed by atoms with van der Waals surface area (Å²) in [6.07, 6.45) is -0.0791. The molecule has 0 aliphatic rings. The summed E-state index contributed by atoms with van der Waals surface area (Å²) in [6.45, 7) is 1.47. The summed E-state index contributed by atoms with van der Waals surface area (Å²) in [7, 11) is -1.94. The van der Waals surface area contributed by atoms with E-state index in [-0.39, 0.29) is 50.8 Å². The van der Waals surface area contributed by atoms with Gasteiger partial charge in [-0.1, -0.05) is 0 Å². The molecule has 1 unspecified atom stereocenters. The van der Waals surface area contributed by atoms with E-state index in [9.17, 15) is 9.36 Å². The Kier molecular flexibility index (Phi) is 10.8. The molecular formula is C4H11CaO4P. The molecule has 0 amide bonds. The second kappa shape index (κ2) is 8.02. The Bertz CT molecular complexity index is 112. The third-order valence-electron chi connectivity index (χ3n) is 0.621. The molecule has 0 aromatic heterocycles. The Labute approximate surface area is 89.8 Å². The van der Waals surface area contributed by atoms with Crippen LogP contribution in [-0.2, 0) is 13.9 Å². The summed E-state index contributed by atoms with van der Waals surface area (Å²) < 4.78 is 14.7. The van der Waals surface area contributed by atoms with E-state index in [1.807, 2.05) is 0 Å². The van der Waals surface area contributed by atoms with Crippen LogP contribution < -0.4 is 0 Å². The molecule has 6 heteroatoms. The van der Waals surface area contributed by atoms with Crippen LogP contribution in [0.15, 0.2) is 0 Å². The Morgan fingerprint density at radius 3 is 2.50 bits per heavy atom. The van der Waals surface area contributed by atoms with Crippen molar-refractivity contribution in [3.05, 3.63) is 0 Å². The predicted octanol–water partition coefficient (Wildman–Crippen LogP) is -0.334. The molecule has 0 saturated carbocycles. The summed E-state index contributed by atoms with van der Waals surface area (Å²) in [5.74, 6) is -0.932. The van der Waals surface area contributed by atoms with Gasteiger partial charge in [0.25, 0.3) is 0 Å². The number of hydrogen-bond acceptors (Lipinski definition) is 3. The van der Waals surface area contributed by atoms with E-state index in [0.29, 0.717) is 0 Å². The third kappa shape index (κ3) is 11.7. The summed E-state index contributed by atoms with van der Waals surface area (Å²) in [4.78, 5) is 9.81. The first-order valence-corrected chi connectivity index (χ1v) is 4.29. The minimum absolute atomic E-state index is 0. The number of carbonyl (C=O) groups is 1. The van der Waals surface area contributed by atoms with Crippen molar-refractivity contribution in [1.29, 1.82) is 0 Å². The van der Waals surface area contributed by atoms with Crippen LogP contribution >= 0.6 is 8.03 Å². The Morgan fingerprint density at radius 1 is 1.70 bits per heavy atom. The zero-order valence-electron chi connectivity index (χ0n) is 5.09. The molecular weight excluding hydrogens is 183 g/mol. The van der Waals surface area contributed by atoms with Crippen LogP contribution in [0, 0.1) is 0 Å². The summed E-state index contributed by atoms with van der Waals surface area (Å²) >= 11 is 0. The molecule has 0 aliphatic carbocycles. The van der Waals surface area contributed by atoms with Crippen LogP contribution in [0.2, 0.25) is 0 Å². The van der Waals surface area contributed by atoms with Crippen molar-refractivity contribution in [1.82, 2.24) is 0 Å². The second-order valence-corrected chi connectivity index (χ2v) is 2.76. The molecule has 58 valence electrons. The van der Waals surface area contributed by atoms with Crippen molar-refractivity contribution in [2.45, 2.75) is 6.42 Å². The van der Waals surface area contributed by atoms with Crippen molar-refractivity contribution >= 4 is 51.7 Å². The van der Waals surface area contributed by atoms with E-state index < -0.39 is 14.0 Å². The van der Waals surface area contributed by atoms with Gasteiger partial charge in [-0.3, -0.25) is 9.36 Å². The summed E-state index contributed by atoms with van der Waals surface area (Å²) in [5.41, 5.74) is 0. The van der Waals surface area contributed by atoms with Gasteiger partial charge in [0.15, 0.2) is 8.03 Å². The van der Waals surface area contributed by atoms with Crippen molar-refractivity contribution in [3.8, 4) is 0 Å². The van der Waals surface area contributed by atoms with Gasteiger partial charge in [0, 0.05) is 6.66 Å². The normalized spacial score (nSPS) is 11.7. The zero-order chi connectivity index (χ0) is 7.28. The van der Waals surface area contributed by atoms with Crippen molar-refractivity contribution in [3.63, 3.8) is 0 Å². The first-order valence-electron chi connectivity index (χ1n) is 2.48. The molecule has 4 nitrogen and oxygen atoms in total. The summed E-state index contributed by atoms with van der Waals surface area (Å²) in [6, 6.07) is 0.